The van der Waals surface area contributed by atoms with Gasteiger partial charge in [-0.05, 0) is 62.0 Å². The first kappa shape index (κ1) is 28.4. The van der Waals surface area contributed by atoms with E-state index in [1.54, 1.807) is 41.6 Å². The molecular weight excluding hydrogens is 524 g/mol. The summed E-state index contributed by atoms with van der Waals surface area (Å²) in [5.74, 6) is 1.71. The van der Waals surface area contributed by atoms with Gasteiger partial charge in [-0.3, -0.25) is 19.5 Å². The smallest absolute Gasteiger partial charge is 0.255 e. The van der Waals surface area contributed by atoms with Crippen LogP contribution in [-0.2, 0) is 17.8 Å². The Labute approximate surface area is 239 Å². The number of aromatic nitrogens is 1. The first-order chi connectivity index (χ1) is 19.8. The molecule has 41 heavy (non-hydrogen) atoms. The average molecular weight is 561 g/mol. The van der Waals surface area contributed by atoms with Crippen molar-refractivity contribution in [1.82, 2.24) is 14.8 Å². The highest BCUT2D eigenvalue weighted by atomic mass is 16.7. The van der Waals surface area contributed by atoms with Crippen LogP contribution in [0.1, 0.15) is 35.3 Å². The third-order valence-electron chi connectivity index (χ3n) is 7.50. The number of nitrogens with one attached hydrogen (secondary N) is 1. The minimum atomic E-state index is -0.340. The van der Waals surface area contributed by atoms with Crippen LogP contribution in [-0.4, -0.2) is 77.4 Å². The van der Waals surface area contributed by atoms with Gasteiger partial charge in [0.05, 0.1) is 19.1 Å². The molecule has 0 saturated heterocycles. The highest BCUT2D eigenvalue weighted by Gasteiger charge is 2.31. The lowest BCUT2D eigenvalue weighted by Crippen LogP contribution is -2.47. The van der Waals surface area contributed by atoms with E-state index in [4.69, 9.17) is 14.2 Å². The van der Waals surface area contributed by atoms with E-state index in [0.717, 1.165) is 17.1 Å². The van der Waals surface area contributed by atoms with Gasteiger partial charge in [0, 0.05) is 54.8 Å². The molecule has 2 amide bonds. The van der Waals surface area contributed by atoms with E-state index in [1.165, 1.54) is 0 Å². The fourth-order valence-electron chi connectivity index (χ4n) is 5.15. The van der Waals surface area contributed by atoms with E-state index >= 15 is 0 Å². The van der Waals surface area contributed by atoms with Crippen molar-refractivity contribution in [2.75, 3.05) is 38.9 Å². The summed E-state index contributed by atoms with van der Waals surface area (Å²) < 4.78 is 17.6. The van der Waals surface area contributed by atoms with Crippen molar-refractivity contribution in [1.29, 1.82) is 0 Å². The van der Waals surface area contributed by atoms with Gasteiger partial charge < -0.3 is 29.5 Å². The summed E-state index contributed by atoms with van der Waals surface area (Å²) in [6.45, 7) is 5.73. The summed E-state index contributed by atoms with van der Waals surface area (Å²) in [5.41, 5.74) is 2.81. The Bertz CT molecular complexity index is 1380. The molecule has 0 aliphatic carbocycles. The number of anilines is 1. The zero-order valence-corrected chi connectivity index (χ0v) is 23.6. The number of amides is 2. The number of nitrogens with zero attached hydrogens (tertiary/aromatic N) is 3. The number of fused-ring (bicyclic) bond motifs is 2. The van der Waals surface area contributed by atoms with Crippen LogP contribution in [0.4, 0.5) is 5.69 Å². The molecule has 2 aliphatic rings. The van der Waals surface area contributed by atoms with Crippen LogP contribution in [0.2, 0.25) is 0 Å². The van der Waals surface area contributed by atoms with Gasteiger partial charge in [0.15, 0.2) is 11.5 Å². The number of carbonyl (C=O) groups excluding carboxylic acids is 2. The van der Waals surface area contributed by atoms with Crippen LogP contribution in [0.25, 0.3) is 0 Å². The number of benzene rings is 2. The molecule has 2 aromatic carbocycles. The van der Waals surface area contributed by atoms with E-state index < -0.39 is 0 Å². The Morgan fingerprint density at radius 3 is 2.66 bits per heavy atom. The van der Waals surface area contributed by atoms with E-state index in [1.807, 2.05) is 38.2 Å². The molecule has 3 heterocycles. The van der Waals surface area contributed by atoms with Crippen LogP contribution in [0.5, 0.6) is 17.2 Å². The van der Waals surface area contributed by atoms with Gasteiger partial charge in [-0.2, -0.15) is 0 Å². The summed E-state index contributed by atoms with van der Waals surface area (Å²) in [4.78, 5) is 34.1. The molecule has 2 aliphatic heterocycles. The first-order valence-electron chi connectivity index (χ1n) is 13.8. The molecule has 10 nitrogen and oxygen atoms in total. The lowest BCUT2D eigenvalue weighted by Gasteiger charge is -2.34. The van der Waals surface area contributed by atoms with Crippen LogP contribution in [0.15, 0.2) is 60.9 Å². The minimum absolute atomic E-state index is 0.0239. The maximum absolute atomic E-state index is 13.5. The molecule has 3 aromatic rings. The number of pyridine rings is 1. The lowest BCUT2D eigenvalue weighted by molar-refractivity contribution is -0.134. The van der Waals surface area contributed by atoms with Crippen molar-refractivity contribution in [3.8, 4) is 17.2 Å². The second-order valence-electron chi connectivity index (χ2n) is 10.8. The molecule has 0 fully saturated rings. The van der Waals surface area contributed by atoms with Gasteiger partial charge in [0.1, 0.15) is 11.9 Å². The molecule has 10 heteroatoms. The Hall–Kier alpha value is -4.15. The Morgan fingerprint density at radius 1 is 1.12 bits per heavy atom. The summed E-state index contributed by atoms with van der Waals surface area (Å²) in [7, 11) is 2.03. The van der Waals surface area contributed by atoms with Crippen molar-refractivity contribution >= 4 is 17.5 Å². The number of carbonyl (C=O) groups is 2. The summed E-state index contributed by atoms with van der Waals surface area (Å²) >= 11 is 0. The molecule has 0 bridgehead atoms. The third kappa shape index (κ3) is 6.78. The molecular formula is C31H36N4O6. The van der Waals surface area contributed by atoms with E-state index in [-0.39, 0.29) is 49.7 Å². The maximum Gasteiger partial charge on any atom is 0.255 e. The summed E-state index contributed by atoms with van der Waals surface area (Å²) in [5, 5.41) is 12.8. The van der Waals surface area contributed by atoms with Crippen molar-refractivity contribution in [2.45, 2.75) is 39.0 Å². The summed E-state index contributed by atoms with van der Waals surface area (Å²) in [6, 6.07) is 14.3. The number of hydrogen-bond donors (Lipinski definition) is 2. The number of likely N-dealkylation sites (N-methyl/N-ethyl adjacent to an activating group) is 1. The second kappa shape index (κ2) is 12.6. The molecule has 5 rings (SSSR count). The number of ether oxygens (including phenoxy) is 3. The number of hydrogen-bond acceptors (Lipinski definition) is 8. The van der Waals surface area contributed by atoms with Crippen LogP contribution in [0.3, 0.4) is 0 Å². The number of aliphatic hydroxyl groups excluding tert-OH is 1. The largest absolute Gasteiger partial charge is 0.488 e. The predicted molar refractivity (Wildman–Crippen MR) is 153 cm³/mol. The number of aliphatic hydroxyl groups is 1. The van der Waals surface area contributed by atoms with Gasteiger partial charge >= 0.3 is 0 Å². The molecule has 216 valence electrons. The van der Waals surface area contributed by atoms with Gasteiger partial charge in [-0.15, -0.1) is 0 Å². The highest BCUT2D eigenvalue weighted by molar-refractivity contribution is 6.04. The van der Waals surface area contributed by atoms with Crippen LogP contribution >= 0.6 is 0 Å². The van der Waals surface area contributed by atoms with Crippen LogP contribution in [0, 0.1) is 5.92 Å². The van der Waals surface area contributed by atoms with E-state index in [0.29, 0.717) is 42.2 Å². The van der Waals surface area contributed by atoms with Gasteiger partial charge in [0.25, 0.3) is 5.91 Å². The Balaban J connectivity index is 1.38. The van der Waals surface area contributed by atoms with Crippen molar-refractivity contribution in [3.05, 3.63) is 77.6 Å². The van der Waals surface area contributed by atoms with Crippen molar-refractivity contribution in [2.24, 2.45) is 5.92 Å². The van der Waals surface area contributed by atoms with Gasteiger partial charge in [0.2, 0.25) is 12.7 Å². The molecule has 0 saturated carbocycles. The Morgan fingerprint density at radius 2 is 1.88 bits per heavy atom. The first-order valence-corrected chi connectivity index (χ1v) is 13.8. The zero-order chi connectivity index (χ0) is 28.9. The predicted octanol–water partition coefficient (Wildman–Crippen LogP) is 3.34. The lowest BCUT2D eigenvalue weighted by atomic mass is 10.0. The zero-order valence-electron chi connectivity index (χ0n) is 23.6. The normalized spacial score (nSPS) is 19.0. The standard InChI is InChI=1S/C31H36N4O6/c1-20-15-35(21(2)18-36)30(37)14-24-13-25(33-31(38)23-8-10-32-11-9-23)5-7-26(24)41-29(20)17-34(3)16-22-4-6-27-28(12-22)40-19-39-27/h4-13,20-21,29,36H,14-19H2,1-3H3,(H,33,38)/t20-,21-,29-/m1/s1. The van der Waals surface area contributed by atoms with Crippen LogP contribution < -0.4 is 19.5 Å². The van der Waals surface area contributed by atoms with Crippen molar-refractivity contribution in [3.63, 3.8) is 0 Å². The Kier molecular flexibility index (Phi) is 8.70. The monoisotopic (exact) mass is 560 g/mol. The molecule has 3 atom stereocenters. The quantitative estimate of drug-likeness (QED) is 0.431. The van der Waals surface area contributed by atoms with E-state index in [2.05, 4.69) is 22.1 Å². The molecule has 0 spiro atoms. The minimum Gasteiger partial charge on any atom is -0.488 e. The average Bonchev–Trinajstić information content (AvgIpc) is 3.45. The van der Waals surface area contributed by atoms with E-state index in [9.17, 15) is 14.7 Å². The fraction of sp³-hybridized carbons (Fsp3) is 0.387. The fourth-order valence-corrected chi connectivity index (χ4v) is 5.15. The summed E-state index contributed by atoms with van der Waals surface area (Å²) in [6.07, 6.45) is 2.97. The SMILES string of the molecule is C[C@@H]1CN([C@H](C)CO)C(=O)Cc2cc(NC(=O)c3ccncc3)ccc2O[C@@H]1CN(C)Cc1ccc2c(c1)OCO2. The second-order valence-corrected chi connectivity index (χ2v) is 10.8. The van der Waals surface area contributed by atoms with Crippen molar-refractivity contribution < 1.29 is 28.9 Å². The maximum atomic E-state index is 13.5. The highest BCUT2D eigenvalue weighted by Crippen LogP contribution is 2.33. The molecule has 2 N–H and O–H groups in total. The molecule has 0 unspecified atom stereocenters. The van der Waals surface area contributed by atoms with Gasteiger partial charge in [-0.1, -0.05) is 13.0 Å². The molecule has 0 radical (unpaired) electrons. The topological polar surface area (TPSA) is 113 Å². The molecule has 1 aromatic heterocycles. The third-order valence-corrected chi connectivity index (χ3v) is 7.50. The number of rotatable bonds is 8. The van der Waals surface area contributed by atoms with Gasteiger partial charge in [-0.25, -0.2) is 0 Å².